The third kappa shape index (κ3) is 3.80. The van der Waals surface area contributed by atoms with Crippen molar-refractivity contribution >= 4 is 43.4 Å². The van der Waals surface area contributed by atoms with Crippen LogP contribution in [0.1, 0.15) is 56.4 Å². The van der Waals surface area contributed by atoms with Crippen molar-refractivity contribution in [2.24, 2.45) is 0 Å². The van der Waals surface area contributed by atoms with E-state index < -0.39 is 5.92 Å². The van der Waals surface area contributed by atoms with E-state index in [9.17, 15) is 14.7 Å². The molecule has 1 aliphatic heterocycles. The predicted molar refractivity (Wildman–Crippen MR) is 121 cm³/mol. The number of allylic oxidation sites excluding steroid dienone is 4. The van der Waals surface area contributed by atoms with Gasteiger partial charge in [-0.15, -0.1) is 0 Å². The smallest absolute Gasteiger partial charge is 0.161 e. The first-order chi connectivity index (χ1) is 14.4. The van der Waals surface area contributed by atoms with E-state index in [1.165, 1.54) is 0 Å². The Labute approximate surface area is 193 Å². The molecule has 0 saturated heterocycles. The maximum absolute atomic E-state index is 13.2. The van der Waals surface area contributed by atoms with Gasteiger partial charge >= 0.3 is 0 Å². The number of carbonyl (C=O) groups excluding carboxylic acids is 2. The number of carbonyl (C=O) groups is 2. The van der Waals surface area contributed by atoms with Crippen LogP contribution in [0.15, 0.2) is 43.6 Å². The molecule has 1 aromatic carbocycles. The Kier molecular flexibility index (Phi) is 6.51. The standard InChI is InChI=1S/C23H25Br2NO4/c1-30-10-4-9-26-16-5-2-7-18(27)21(16)20(22-17(26)6-3-8-19(22)28)14-11-13(24)12-15(25)23(14)29/h11-12,20,29H,2-10H2,1H3. The number of benzene rings is 1. The molecule has 0 atom stereocenters. The second-order valence-electron chi connectivity index (χ2n) is 8.03. The third-order valence-corrected chi connectivity index (χ3v) is 7.25. The molecule has 0 unspecified atom stereocenters. The fourth-order valence-electron chi connectivity index (χ4n) is 4.97. The number of nitrogens with zero attached hydrogens (tertiary/aromatic N) is 1. The fourth-order valence-corrected chi connectivity index (χ4v) is 6.23. The average molecular weight is 539 g/mol. The van der Waals surface area contributed by atoms with E-state index in [-0.39, 0.29) is 17.3 Å². The normalized spacial score (nSPS) is 20.0. The molecule has 1 aromatic rings. The number of halogens is 2. The molecule has 4 rings (SSSR count). The number of phenolic OH excluding ortho intramolecular Hbond substituents is 1. The molecule has 0 aromatic heterocycles. The Hall–Kier alpha value is -1.44. The van der Waals surface area contributed by atoms with Crippen LogP contribution in [-0.4, -0.2) is 41.8 Å². The Bertz CT molecular complexity index is 922. The summed E-state index contributed by atoms with van der Waals surface area (Å²) in [5.74, 6) is -0.258. The molecule has 7 heteroatoms. The van der Waals surface area contributed by atoms with E-state index in [1.807, 2.05) is 6.07 Å². The molecule has 2 aliphatic carbocycles. The molecule has 30 heavy (non-hydrogen) atoms. The van der Waals surface area contributed by atoms with Gasteiger partial charge in [0.15, 0.2) is 11.6 Å². The van der Waals surface area contributed by atoms with Gasteiger partial charge in [-0.25, -0.2) is 0 Å². The second-order valence-corrected chi connectivity index (χ2v) is 9.80. The summed E-state index contributed by atoms with van der Waals surface area (Å²) in [6, 6.07) is 3.61. The zero-order valence-electron chi connectivity index (χ0n) is 17.0. The van der Waals surface area contributed by atoms with Crippen molar-refractivity contribution in [3.05, 3.63) is 49.2 Å². The summed E-state index contributed by atoms with van der Waals surface area (Å²) < 4.78 is 6.58. The number of ether oxygens (including phenoxy) is 1. The highest BCUT2D eigenvalue weighted by Crippen LogP contribution is 2.52. The molecule has 0 bridgehead atoms. The molecular weight excluding hydrogens is 514 g/mol. The largest absolute Gasteiger partial charge is 0.506 e. The summed E-state index contributed by atoms with van der Waals surface area (Å²) in [5, 5.41) is 10.9. The number of Topliss-reactive ketones (excluding diaryl/α,β-unsaturated/α-hetero) is 2. The van der Waals surface area contributed by atoms with Gasteiger partial charge < -0.3 is 14.7 Å². The topological polar surface area (TPSA) is 66.8 Å². The van der Waals surface area contributed by atoms with Gasteiger partial charge in [0.05, 0.1) is 4.47 Å². The van der Waals surface area contributed by atoms with Crippen LogP contribution in [0.5, 0.6) is 5.75 Å². The van der Waals surface area contributed by atoms with Crippen molar-refractivity contribution in [1.82, 2.24) is 4.90 Å². The molecule has 0 radical (unpaired) electrons. The Morgan fingerprint density at radius 1 is 1.03 bits per heavy atom. The number of phenols is 1. The van der Waals surface area contributed by atoms with Crippen LogP contribution < -0.4 is 0 Å². The van der Waals surface area contributed by atoms with E-state index >= 15 is 0 Å². The SMILES string of the molecule is COCCCN1C2=C(C(=O)CCC2)C(c2cc(Br)cc(Br)c2O)C2=C1CCCC2=O. The number of hydrogen-bond acceptors (Lipinski definition) is 5. The summed E-state index contributed by atoms with van der Waals surface area (Å²) in [5.41, 5.74) is 4.03. The fraction of sp³-hybridized carbons (Fsp3) is 0.478. The first-order valence-corrected chi connectivity index (χ1v) is 12.0. The van der Waals surface area contributed by atoms with Crippen LogP contribution in [0, 0.1) is 0 Å². The highest BCUT2D eigenvalue weighted by molar-refractivity contribution is 9.11. The van der Waals surface area contributed by atoms with Crippen LogP contribution in [0.2, 0.25) is 0 Å². The minimum Gasteiger partial charge on any atom is -0.506 e. The minimum atomic E-state index is -0.511. The molecule has 1 N–H and O–H groups in total. The molecule has 0 fully saturated rings. The maximum atomic E-state index is 13.2. The number of rotatable bonds is 5. The van der Waals surface area contributed by atoms with Crippen molar-refractivity contribution in [3.63, 3.8) is 0 Å². The first-order valence-electron chi connectivity index (χ1n) is 10.4. The summed E-state index contributed by atoms with van der Waals surface area (Å²) in [6.07, 6.45) is 5.04. The van der Waals surface area contributed by atoms with Gasteiger partial charge in [0.25, 0.3) is 0 Å². The molecule has 3 aliphatic rings. The quantitative estimate of drug-likeness (QED) is 0.511. The van der Waals surface area contributed by atoms with Gasteiger partial charge in [0.2, 0.25) is 0 Å². The molecule has 0 saturated carbocycles. The molecule has 5 nitrogen and oxygen atoms in total. The number of ketones is 2. The number of hydrogen-bond donors (Lipinski definition) is 1. The van der Waals surface area contributed by atoms with Gasteiger partial charge in [0.1, 0.15) is 5.75 Å². The second kappa shape index (κ2) is 8.97. The van der Waals surface area contributed by atoms with Crippen LogP contribution in [0.25, 0.3) is 0 Å². The summed E-state index contributed by atoms with van der Waals surface area (Å²) in [7, 11) is 1.68. The van der Waals surface area contributed by atoms with Gasteiger partial charge in [0, 0.05) is 71.6 Å². The van der Waals surface area contributed by atoms with E-state index in [4.69, 9.17) is 4.74 Å². The molecular formula is C23H25Br2NO4. The van der Waals surface area contributed by atoms with Crippen molar-refractivity contribution in [2.45, 2.75) is 50.9 Å². The lowest BCUT2D eigenvalue weighted by molar-refractivity contribution is -0.117. The van der Waals surface area contributed by atoms with Crippen LogP contribution in [0.3, 0.4) is 0 Å². The number of aromatic hydroxyl groups is 1. The molecule has 1 heterocycles. The highest BCUT2D eigenvalue weighted by atomic mass is 79.9. The zero-order valence-corrected chi connectivity index (χ0v) is 20.1. The van der Waals surface area contributed by atoms with Gasteiger partial charge in [-0.1, -0.05) is 15.9 Å². The predicted octanol–water partition coefficient (Wildman–Crippen LogP) is 5.37. The zero-order chi connectivity index (χ0) is 21.4. The molecule has 160 valence electrons. The number of methoxy groups -OCH3 is 1. The molecule has 0 spiro atoms. The van der Waals surface area contributed by atoms with E-state index in [2.05, 4.69) is 36.8 Å². The lowest BCUT2D eigenvalue weighted by Gasteiger charge is -2.44. The van der Waals surface area contributed by atoms with Crippen molar-refractivity contribution in [3.8, 4) is 5.75 Å². The van der Waals surface area contributed by atoms with Crippen molar-refractivity contribution < 1.29 is 19.4 Å². The van der Waals surface area contributed by atoms with E-state index in [0.29, 0.717) is 40.6 Å². The van der Waals surface area contributed by atoms with Gasteiger partial charge in [-0.2, -0.15) is 0 Å². The lowest BCUT2D eigenvalue weighted by atomic mass is 9.70. The Balaban J connectivity index is 1.94. The Morgan fingerprint density at radius 3 is 2.20 bits per heavy atom. The minimum absolute atomic E-state index is 0.0819. The summed E-state index contributed by atoms with van der Waals surface area (Å²) in [4.78, 5) is 28.6. The van der Waals surface area contributed by atoms with Crippen molar-refractivity contribution in [2.75, 3.05) is 20.3 Å². The van der Waals surface area contributed by atoms with Crippen molar-refractivity contribution in [1.29, 1.82) is 0 Å². The van der Waals surface area contributed by atoms with Crippen LogP contribution in [0.4, 0.5) is 0 Å². The highest BCUT2D eigenvalue weighted by Gasteiger charge is 2.44. The third-order valence-electron chi connectivity index (χ3n) is 6.19. The summed E-state index contributed by atoms with van der Waals surface area (Å²) >= 11 is 6.92. The maximum Gasteiger partial charge on any atom is 0.161 e. The lowest BCUT2D eigenvalue weighted by Crippen LogP contribution is -2.39. The average Bonchev–Trinajstić information content (AvgIpc) is 2.71. The summed E-state index contributed by atoms with van der Waals surface area (Å²) in [6.45, 7) is 1.36. The van der Waals surface area contributed by atoms with E-state index in [1.54, 1.807) is 13.2 Å². The van der Waals surface area contributed by atoms with Crippen LogP contribution >= 0.6 is 31.9 Å². The van der Waals surface area contributed by atoms with Crippen LogP contribution in [-0.2, 0) is 14.3 Å². The Morgan fingerprint density at radius 2 is 1.63 bits per heavy atom. The first kappa shape index (κ1) is 21.8. The molecule has 0 amide bonds. The van der Waals surface area contributed by atoms with Gasteiger partial charge in [-0.3, -0.25) is 9.59 Å². The van der Waals surface area contributed by atoms with Gasteiger partial charge in [-0.05, 0) is 60.2 Å². The van der Waals surface area contributed by atoms with E-state index in [0.717, 1.165) is 54.5 Å². The monoisotopic (exact) mass is 537 g/mol.